The van der Waals surface area contributed by atoms with Gasteiger partial charge in [0.05, 0.1) is 6.04 Å². The van der Waals surface area contributed by atoms with E-state index in [0.29, 0.717) is 6.54 Å². The maximum atomic E-state index is 11.7. The highest BCUT2D eigenvalue weighted by Gasteiger charge is 2.26. The maximum Gasteiger partial charge on any atom is 0.237 e. The van der Waals surface area contributed by atoms with E-state index < -0.39 is 6.04 Å². The molecular formula is C12H21Cl2N3O. The highest BCUT2D eigenvalue weighted by Crippen LogP contribution is 2.17. The lowest BCUT2D eigenvalue weighted by atomic mass is 9.87. The molecule has 18 heavy (non-hydrogen) atoms. The third kappa shape index (κ3) is 6.19. The summed E-state index contributed by atoms with van der Waals surface area (Å²) in [6, 6.07) is 3.25. The number of carbonyl (C=O) groups excluding carboxylic acids is 1. The van der Waals surface area contributed by atoms with Crippen molar-refractivity contribution in [2.45, 2.75) is 33.4 Å². The van der Waals surface area contributed by atoms with Gasteiger partial charge < -0.3 is 11.1 Å². The Morgan fingerprint density at radius 3 is 2.50 bits per heavy atom. The van der Waals surface area contributed by atoms with Crippen LogP contribution in [0.2, 0.25) is 0 Å². The number of nitrogens with one attached hydrogen (secondary N) is 1. The molecule has 1 atom stereocenters. The van der Waals surface area contributed by atoms with E-state index in [1.165, 1.54) is 0 Å². The molecule has 0 spiro atoms. The smallest absolute Gasteiger partial charge is 0.237 e. The van der Waals surface area contributed by atoms with Crippen molar-refractivity contribution in [2.75, 3.05) is 0 Å². The fourth-order valence-electron chi connectivity index (χ4n) is 1.20. The molecule has 0 unspecified atom stereocenters. The predicted octanol–water partition coefficient (Wildman–Crippen LogP) is 1.91. The Kier molecular flexibility index (Phi) is 8.99. The monoisotopic (exact) mass is 293 g/mol. The fourth-order valence-corrected chi connectivity index (χ4v) is 1.20. The van der Waals surface area contributed by atoms with Crippen molar-refractivity contribution in [3.8, 4) is 0 Å². The molecule has 1 aromatic rings. The van der Waals surface area contributed by atoms with Crippen LogP contribution in [0.25, 0.3) is 0 Å². The van der Waals surface area contributed by atoms with Gasteiger partial charge in [0.25, 0.3) is 0 Å². The van der Waals surface area contributed by atoms with Crippen LogP contribution in [0.1, 0.15) is 26.3 Å². The second kappa shape index (κ2) is 8.29. The number of amides is 1. The fraction of sp³-hybridized carbons (Fsp3) is 0.500. The predicted molar refractivity (Wildman–Crippen MR) is 78.0 cm³/mol. The van der Waals surface area contributed by atoms with Crippen molar-refractivity contribution in [2.24, 2.45) is 11.1 Å². The number of halogens is 2. The summed E-state index contributed by atoms with van der Waals surface area (Å²) in [7, 11) is 0. The number of pyridine rings is 1. The summed E-state index contributed by atoms with van der Waals surface area (Å²) in [6.07, 6.45) is 3.43. The van der Waals surface area contributed by atoms with E-state index in [2.05, 4.69) is 10.3 Å². The zero-order valence-corrected chi connectivity index (χ0v) is 12.5. The first kappa shape index (κ1) is 19.5. The van der Waals surface area contributed by atoms with Crippen molar-refractivity contribution in [3.05, 3.63) is 30.1 Å². The molecule has 1 rings (SSSR count). The number of carbonyl (C=O) groups is 1. The van der Waals surface area contributed by atoms with Crippen molar-refractivity contribution in [3.63, 3.8) is 0 Å². The molecule has 0 aliphatic heterocycles. The lowest BCUT2D eigenvalue weighted by molar-refractivity contribution is -0.124. The van der Waals surface area contributed by atoms with Gasteiger partial charge in [-0.2, -0.15) is 0 Å². The largest absolute Gasteiger partial charge is 0.351 e. The van der Waals surface area contributed by atoms with Gasteiger partial charge in [-0.3, -0.25) is 9.78 Å². The summed E-state index contributed by atoms with van der Waals surface area (Å²) >= 11 is 0. The Morgan fingerprint density at radius 2 is 2.06 bits per heavy atom. The lowest BCUT2D eigenvalue weighted by Gasteiger charge is -2.25. The van der Waals surface area contributed by atoms with Gasteiger partial charge in [0.1, 0.15) is 0 Å². The van der Waals surface area contributed by atoms with E-state index in [-0.39, 0.29) is 36.1 Å². The van der Waals surface area contributed by atoms with Crippen LogP contribution in [0.3, 0.4) is 0 Å². The van der Waals surface area contributed by atoms with Gasteiger partial charge in [0, 0.05) is 18.9 Å². The van der Waals surface area contributed by atoms with Gasteiger partial charge in [0.2, 0.25) is 5.91 Å². The van der Waals surface area contributed by atoms with Gasteiger partial charge in [-0.05, 0) is 17.0 Å². The lowest BCUT2D eigenvalue weighted by Crippen LogP contribution is -2.48. The Labute approximate surface area is 121 Å². The second-order valence-corrected chi connectivity index (χ2v) is 4.92. The SMILES string of the molecule is CC(C)(C)[C@H](N)C(=O)NCc1cccnc1.Cl.Cl. The van der Waals surface area contributed by atoms with Crippen molar-refractivity contribution < 1.29 is 4.79 Å². The van der Waals surface area contributed by atoms with Crippen LogP contribution in [0.15, 0.2) is 24.5 Å². The van der Waals surface area contributed by atoms with E-state index in [1.54, 1.807) is 12.4 Å². The molecule has 0 bridgehead atoms. The molecule has 1 aromatic heterocycles. The highest BCUT2D eigenvalue weighted by molar-refractivity contribution is 5.85. The number of rotatable bonds is 3. The minimum absolute atomic E-state index is 0. The molecule has 0 saturated carbocycles. The number of aromatic nitrogens is 1. The molecule has 0 aliphatic rings. The molecule has 6 heteroatoms. The summed E-state index contributed by atoms with van der Waals surface area (Å²) in [5.74, 6) is -0.128. The minimum Gasteiger partial charge on any atom is -0.351 e. The quantitative estimate of drug-likeness (QED) is 0.895. The van der Waals surface area contributed by atoms with Crippen LogP contribution in [-0.4, -0.2) is 16.9 Å². The molecule has 3 N–H and O–H groups in total. The molecule has 104 valence electrons. The molecule has 0 aromatic carbocycles. The van der Waals surface area contributed by atoms with Crippen LogP contribution >= 0.6 is 24.8 Å². The van der Waals surface area contributed by atoms with E-state index in [4.69, 9.17) is 5.73 Å². The minimum atomic E-state index is -0.496. The molecule has 0 saturated heterocycles. The van der Waals surface area contributed by atoms with Gasteiger partial charge in [-0.1, -0.05) is 26.8 Å². The molecule has 0 aliphatic carbocycles. The average Bonchev–Trinajstić information content (AvgIpc) is 2.25. The summed E-state index contributed by atoms with van der Waals surface area (Å²) in [4.78, 5) is 15.7. The summed E-state index contributed by atoms with van der Waals surface area (Å²) < 4.78 is 0. The Bertz CT molecular complexity index is 352. The van der Waals surface area contributed by atoms with Gasteiger partial charge in [-0.15, -0.1) is 24.8 Å². The van der Waals surface area contributed by atoms with E-state index in [9.17, 15) is 4.79 Å². The average molecular weight is 294 g/mol. The number of hydrogen-bond donors (Lipinski definition) is 2. The van der Waals surface area contributed by atoms with Gasteiger partial charge in [-0.25, -0.2) is 0 Å². The standard InChI is InChI=1S/C12H19N3O.2ClH/c1-12(2,3)10(13)11(16)15-8-9-5-4-6-14-7-9;;/h4-7,10H,8,13H2,1-3H3,(H,15,16);2*1H/t10-;;/m1../s1. The van der Waals surface area contributed by atoms with Crippen LogP contribution in [0.4, 0.5) is 0 Å². The number of nitrogens with zero attached hydrogens (tertiary/aromatic N) is 1. The number of nitrogens with two attached hydrogens (primary N) is 1. The molecule has 0 fully saturated rings. The van der Waals surface area contributed by atoms with Gasteiger partial charge in [0.15, 0.2) is 0 Å². The summed E-state index contributed by atoms with van der Waals surface area (Å²) in [5, 5.41) is 2.80. The molecule has 4 nitrogen and oxygen atoms in total. The van der Waals surface area contributed by atoms with Crippen LogP contribution in [-0.2, 0) is 11.3 Å². The van der Waals surface area contributed by atoms with E-state index >= 15 is 0 Å². The summed E-state index contributed by atoms with van der Waals surface area (Å²) in [6.45, 7) is 6.31. The van der Waals surface area contributed by atoms with E-state index in [0.717, 1.165) is 5.56 Å². The maximum absolute atomic E-state index is 11.7. The van der Waals surface area contributed by atoms with Crippen LogP contribution in [0, 0.1) is 5.41 Å². The normalized spacial score (nSPS) is 11.8. The first-order valence-electron chi connectivity index (χ1n) is 5.33. The van der Waals surface area contributed by atoms with Crippen molar-refractivity contribution in [1.82, 2.24) is 10.3 Å². The molecule has 0 radical (unpaired) electrons. The Balaban J connectivity index is 0. The molecule has 1 amide bonds. The molecular weight excluding hydrogens is 273 g/mol. The van der Waals surface area contributed by atoms with E-state index in [1.807, 2.05) is 32.9 Å². The second-order valence-electron chi connectivity index (χ2n) is 4.92. The highest BCUT2D eigenvalue weighted by atomic mass is 35.5. The van der Waals surface area contributed by atoms with Gasteiger partial charge >= 0.3 is 0 Å². The first-order valence-corrected chi connectivity index (χ1v) is 5.33. The third-order valence-electron chi connectivity index (χ3n) is 2.41. The molecule has 1 heterocycles. The first-order chi connectivity index (χ1) is 7.41. The number of hydrogen-bond acceptors (Lipinski definition) is 3. The Morgan fingerprint density at radius 1 is 1.44 bits per heavy atom. The summed E-state index contributed by atoms with van der Waals surface area (Å²) in [5.41, 5.74) is 6.58. The van der Waals surface area contributed by atoms with Crippen LogP contribution < -0.4 is 11.1 Å². The van der Waals surface area contributed by atoms with Crippen molar-refractivity contribution >= 4 is 30.7 Å². The zero-order valence-electron chi connectivity index (χ0n) is 10.8. The third-order valence-corrected chi connectivity index (χ3v) is 2.41. The van der Waals surface area contributed by atoms with Crippen molar-refractivity contribution in [1.29, 1.82) is 0 Å². The Hall–Kier alpha value is -0.840. The topological polar surface area (TPSA) is 68.0 Å². The van der Waals surface area contributed by atoms with Crippen LogP contribution in [0.5, 0.6) is 0 Å². The zero-order chi connectivity index (χ0) is 12.2.